The lowest BCUT2D eigenvalue weighted by Gasteiger charge is -2.29. The molecule has 0 saturated heterocycles. The van der Waals surface area contributed by atoms with E-state index in [1.165, 1.54) is 122 Å². The van der Waals surface area contributed by atoms with E-state index in [0.717, 1.165) is 0 Å². The van der Waals surface area contributed by atoms with Crippen molar-refractivity contribution in [3.05, 3.63) is 0 Å². The van der Waals surface area contributed by atoms with Gasteiger partial charge in [0.1, 0.15) is 0 Å². The van der Waals surface area contributed by atoms with E-state index >= 15 is 0 Å². The molecule has 0 rings (SSSR count). The molecule has 0 aliphatic carbocycles. The average molecular weight is 399 g/mol. The van der Waals surface area contributed by atoms with Crippen LogP contribution in [0.3, 0.4) is 0 Å². The molecule has 164 valence electrons. The maximum absolute atomic E-state index is 6.72. The summed E-state index contributed by atoms with van der Waals surface area (Å²) in [5.41, 5.74) is 0. The van der Waals surface area contributed by atoms with Crippen LogP contribution >= 0.6 is 0 Å². The summed E-state index contributed by atoms with van der Waals surface area (Å²) in [5.74, 6) is 0. The van der Waals surface area contributed by atoms with E-state index in [9.17, 15) is 0 Å². The maximum atomic E-state index is 6.72. The van der Waals surface area contributed by atoms with E-state index in [1.807, 2.05) is 0 Å². The molecule has 0 heterocycles. The van der Waals surface area contributed by atoms with Gasteiger partial charge in [-0.2, -0.15) is 0 Å². The summed E-state index contributed by atoms with van der Waals surface area (Å²) >= 11 is 0. The number of unbranched alkanes of at least 4 members (excludes halogenated alkanes) is 13. The van der Waals surface area contributed by atoms with Crippen molar-refractivity contribution in [3.63, 3.8) is 0 Å². The van der Waals surface area contributed by atoms with Gasteiger partial charge in [-0.1, -0.05) is 124 Å². The first-order valence-corrected chi connectivity index (χ1v) is 15.8. The third-order valence-corrected chi connectivity index (χ3v) is 8.39. The first-order valence-electron chi connectivity index (χ1n) is 12.7. The Morgan fingerprint density at radius 3 is 1.44 bits per heavy atom. The summed E-state index contributed by atoms with van der Waals surface area (Å²) < 4.78 is 6.72. The van der Waals surface area contributed by atoms with Gasteiger partial charge in [-0.25, -0.2) is 0 Å². The van der Waals surface area contributed by atoms with Crippen LogP contribution in [0.4, 0.5) is 0 Å². The molecule has 0 aromatic rings. The van der Waals surface area contributed by atoms with E-state index in [4.69, 9.17) is 4.43 Å². The fraction of sp³-hybridized carbons (Fsp3) is 1.00. The Kier molecular flexibility index (Phi) is 19.6. The number of hydrogen-bond acceptors (Lipinski definition) is 1. The largest absolute Gasteiger partial charge is 0.414 e. The lowest BCUT2D eigenvalue weighted by Crippen LogP contribution is -2.35. The molecule has 0 radical (unpaired) electrons. The zero-order valence-electron chi connectivity index (χ0n) is 19.9. The summed E-state index contributed by atoms with van der Waals surface area (Å²) in [5, 5.41) is 0. The van der Waals surface area contributed by atoms with Crippen molar-refractivity contribution in [1.29, 1.82) is 0 Å². The summed E-state index contributed by atoms with van der Waals surface area (Å²) in [7, 11) is -1.47. The number of rotatable bonds is 21. The molecule has 1 atom stereocenters. The van der Waals surface area contributed by atoms with Gasteiger partial charge in [0.2, 0.25) is 0 Å². The molecule has 0 N–H and O–H groups in total. The minimum absolute atomic E-state index is 0.543. The van der Waals surface area contributed by atoms with Crippen LogP contribution in [0, 0.1) is 0 Å². The Labute approximate surface area is 174 Å². The van der Waals surface area contributed by atoms with E-state index in [2.05, 4.69) is 33.9 Å². The Morgan fingerprint density at radius 1 is 0.519 bits per heavy atom. The highest BCUT2D eigenvalue weighted by atomic mass is 28.4. The van der Waals surface area contributed by atoms with Crippen molar-refractivity contribution in [2.75, 3.05) is 0 Å². The molecule has 0 saturated carbocycles. The van der Waals surface area contributed by atoms with Gasteiger partial charge >= 0.3 is 0 Å². The summed E-state index contributed by atoms with van der Waals surface area (Å²) in [4.78, 5) is 0. The Balaban J connectivity index is 3.82. The second-order valence-corrected chi connectivity index (χ2v) is 13.7. The molecule has 0 aromatic heterocycles. The standard InChI is InChI=1S/C25H54OSi/c1-6-9-11-13-15-16-17-18-20-23-25(22-8-3)26-27(4,5)24-21-19-14-12-10-7-2/h25H,6-24H2,1-5H3. The van der Waals surface area contributed by atoms with Crippen molar-refractivity contribution in [2.45, 2.75) is 162 Å². The summed E-state index contributed by atoms with van der Waals surface area (Å²) in [6, 6.07) is 1.36. The lowest BCUT2D eigenvalue weighted by molar-refractivity contribution is 0.165. The monoisotopic (exact) mass is 398 g/mol. The normalized spacial score (nSPS) is 13.2. The van der Waals surface area contributed by atoms with Crippen LogP contribution in [-0.2, 0) is 4.43 Å². The highest BCUT2D eigenvalue weighted by Gasteiger charge is 2.25. The van der Waals surface area contributed by atoms with Crippen LogP contribution in [0.25, 0.3) is 0 Å². The number of hydrogen-bond donors (Lipinski definition) is 0. The quantitative estimate of drug-likeness (QED) is 0.138. The molecule has 1 nitrogen and oxygen atoms in total. The molecule has 0 spiro atoms. The topological polar surface area (TPSA) is 9.23 Å². The van der Waals surface area contributed by atoms with Crippen LogP contribution < -0.4 is 0 Å². The zero-order chi connectivity index (χ0) is 20.2. The van der Waals surface area contributed by atoms with Gasteiger partial charge in [0.05, 0.1) is 0 Å². The van der Waals surface area contributed by atoms with Crippen molar-refractivity contribution >= 4 is 8.32 Å². The van der Waals surface area contributed by atoms with Gasteiger partial charge in [-0.15, -0.1) is 0 Å². The fourth-order valence-corrected chi connectivity index (χ4v) is 6.47. The minimum Gasteiger partial charge on any atom is -0.414 e. The summed E-state index contributed by atoms with van der Waals surface area (Å²) in [6.45, 7) is 11.8. The predicted octanol–water partition coefficient (Wildman–Crippen LogP) is 9.66. The maximum Gasteiger partial charge on any atom is 0.187 e. The molecule has 0 aliphatic rings. The highest BCUT2D eigenvalue weighted by molar-refractivity contribution is 6.71. The van der Waals surface area contributed by atoms with Crippen LogP contribution in [0.15, 0.2) is 0 Å². The van der Waals surface area contributed by atoms with Crippen molar-refractivity contribution in [3.8, 4) is 0 Å². The van der Waals surface area contributed by atoms with Gasteiger partial charge < -0.3 is 4.43 Å². The zero-order valence-corrected chi connectivity index (χ0v) is 20.9. The molecule has 0 aromatic carbocycles. The summed E-state index contributed by atoms with van der Waals surface area (Å²) in [6.07, 6.45) is 25.6. The van der Waals surface area contributed by atoms with Gasteiger partial charge in [0, 0.05) is 6.10 Å². The van der Waals surface area contributed by atoms with Crippen LogP contribution in [-0.4, -0.2) is 14.4 Å². The third kappa shape index (κ3) is 19.3. The highest BCUT2D eigenvalue weighted by Crippen LogP contribution is 2.23. The van der Waals surface area contributed by atoms with E-state index in [1.54, 1.807) is 0 Å². The molecule has 1 unspecified atom stereocenters. The smallest absolute Gasteiger partial charge is 0.187 e. The minimum atomic E-state index is -1.47. The van der Waals surface area contributed by atoms with Crippen LogP contribution in [0.2, 0.25) is 19.1 Å². The SMILES string of the molecule is CCCCCCCCCCCC(CCC)O[Si](C)(C)CCCCCCCC. The van der Waals surface area contributed by atoms with Crippen molar-refractivity contribution in [2.24, 2.45) is 0 Å². The first kappa shape index (κ1) is 27.2. The molecule has 2 heteroatoms. The second-order valence-electron chi connectivity index (χ2n) is 9.42. The van der Waals surface area contributed by atoms with Crippen LogP contribution in [0.1, 0.15) is 136 Å². The molecule has 0 bridgehead atoms. The first-order chi connectivity index (χ1) is 13.1. The van der Waals surface area contributed by atoms with Gasteiger partial charge in [0.15, 0.2) is 8.32 Å². The van der Waals surface area contributed by atoms with E-state index < -0.39 is 8.32 Å². The third-order valence-electron chi connectivity index (χ3n) is 5.86. The molecule has 27 heavy (non-hydrogen) atoms. The second kappa shape index (κ2) is 19.5. The Bertz CT molecular complexity index is 290. The molecule has 0 fully saturated rings. The van der Waals surface area contributed by atoms with Gasteiger partial charge in [-0.3, -0.25) is 0 Å². The van der Waals surface area contributed by atoms with Crippen LogP contribution in [0.5, 0.6) is 0 Å². The molecule has 0 amide bonds. The fourth-order valence-electron chi connectivity index (χ4n) is 4.11. The molecular formula is C25H54OSi. The van der Waals surface area contributed by atoms with Gasteiger partial charge in [0.25, 0.3) is 0 Å². The Morgan fingerprint density at radius 2 is 0.963 bits per heavy atom. The predicted molar refractivity (Wildman–Crippen MR) is 127 cm³/mol. The average Bonchev–Trinajstić information content (AvgIpc) is 2.63. The molecular weight excluding hydrogens is 344 g/mol. The lowest BCUT2D eigenvalue weighted by atomic mass is 10.0. The van der Waals surface area contributed by atoms with Crippen molar-refractivity contribution < 1.29 is 4.43 Å². The van der Waals surface area contributed by atoms with E-state index in [-0.39, 0.29) is 0 Å². The Hall–Kier alpha value is 0.177. The molecule has 0 aliphatic heterocycles. The van der Waals surface area contributed by atoms with Crippen molar-refractivity contribution in [1.82, 2.24) is 0 Å². The van der Waals surface area contributed by atoms with E-state index in [0.29, 0.717) is 6.10 Å². The van der Waals surface area contributed by atoms with Gasteiger partial charge in [-0.05, 0) is 32.0 Å².